The number of aryl methyl sites for hydroxylation is 6. The number of nitrogens with zero attached hydrogens (tertiary/aromatic N) is 2. The van der Waals surface area contributed by atoms with Crippen LogP contribution in [0, 0.1) is 27.7 Å². The molecule has 0 aliphatic carbocycles. The van der Waals surface area contributed by atoms with Gasteiger partial charge in [0, 0.05) is 34.1 Å². The molecule has 10 aromatic rings. The Labute approximate surface area is 467 Å². The Kier molecular flexibility index (Phi) is 17.7. The lowest BCUT2D eigenvalue weighted by Crippen LogP contribution is -2.10. The van der Waals surface area contributed by atoms with Crippen LogP contribution in [0.4, 0.5) is 34.1 Å². The van der Waals surface area contributed by atoms with Gasteiger partial charge in [-0.1, -0.05) is 212 Å². The number of anilines is 6. The van der Waals surface area contributed by atoms with E-state index in [2.05, 4.69) is 258 Å². The van der Waals surface area contributed by atoms with E-state index < -0.39 is 0 Å². The highest BCUT2D eigenvalue weighted by Gasteiger charge is 2.21. The molecule has 0 radical (unpaired) electrons. The second-order valence-electron chi connectivity index (χ2n) is 22.1. The molecule has 10 aromatic carbocycles. The van der Waals surface area contributed by atoms with Crippen molar-refractivity contribution in [2.45, 2.75) is 131 Å². The molecule has 0 saturated heterocycles. The Bertz CT molecular complexity index is 3330. The summed E-state index contributed by atoms with van der Waals surface area (Å²) in [5, 5.41) is 5.07. The first-order chi connectivity index (χ1) is 38.3. The third-order valence-electron chi connectivity index (χ3n) is 16.2. The number of benzene rings is 10. The molecule has 78 heavy (non-hydrogen) atoms. The lowest BCUT2D eigenvalue weighted by atomic mass is 9.83. The van der Waals surface area contributed by atoms with Gasteiger partial charge in [0.2, 0.25) is 0 Å². The molecular weight excluding hydrogens is 941 g/mol. The summed E-state index contributed by atoms with van der Waals surface area (Å²) in [7, 11) is 0. The maximum absolute atomic E-state index is 2.43. The minimum absolute atomic E-state index is 1.14. The van der Waals surface area contributed by atoms with Gasteiger partial charge >= 0.3 is 0 Å². The molecule has 0 aliphatic rings. The van der Waals surface area contributed by atoms with E-state index in [1.807, 2.05) is 0 Å². The van der Waals surface area contributed by atoms with Crippen molar-refractivity contribution in [2.75, 3.05) is 9.80 Å². The van der Waals surface area contributed by atoms with E-state index in [1.54, 1.807) is 0 Å². The minimum atomic E-state index is 1.14. The maximum atomic E-state index is 2.43. The summed E-state index contributed by atoms with van der Waals surface area (Å²) in [4.78, 5) is 4.81. The standard InChI is InChI=1S/C76H80N2/c1-7-9-11-13-15-17-27-59-35-43-63(44-36-59)77(67-29-23-25-55(3)51-67)65-47-39-61(40-48-65)73-53-57(5)75(71-33-21-19-31-69(71)73)76-58(6)54-74(70-32-20-22-34-72(70)76)62-41-49-66(50-42-62)78(68-30-24-26-56(4)52-68)64-45-37-60(38-46-64)28-18-16-14-12-10-8-2/h19-26,29-54H,7-18,27-28H2,1-6H3. The highest BCUT2D eigenvalue weighted by molar-refractivity contribution is 6.14. The second-order valence-corrected chi connectivity index (χ2v) is 22.1. The predicted molar refractivity (Wildman–Crippen MR) is 340 cm³/mol. The van der Waals surface area contributed by atoms with E-state index >= 15 is 0 Å². The van der Waals surface area contributed by atoms with Crippen LogP contribution in [0.15, 0.2) is 206 Å². The minimum Gasteiger partial charge on any atom is -0.310 e. The van der Waals surface area contributed by atoms with Crippen molar-refractivity contribution in [1.82, 2.24) is 0 Å². The third kappa shape index (κ3) is 12.4. The summed E-state index contributed by atoms with van der Waals surface area (Å²) in [5.74, 6) is 0. The molecular formula is C76H80N2. The number of unbranched alkanes of at least 4 members (excludes halogenated alkanes) is 10. The quantitative estimate of drug-likeness (QED) is 0.0589. The summed E-state index contributed by atoms with van der Waals surface area (Å²) in [6, 6.07) is 77.7. The van der Waals surface area contributed by atoms with E-state index in [0.717, 1.165) is 24.2 Å². The first-order valence-corrected chi connectivity index (χ1v) is 29.5. The fraction of sp³-hybridized carbons (Fsp3) is 0.263. The second kappa shape index (κ2) is 25.6. The largest absolute Gasteiger partial charge is 0.310 e. The predicted octanol–water partition coefficient (Wildman–Crippen LogP) is 23.0. The lowest BCUT2D eigenvalue weighted by Gasteiger charge is -2.26. The lowest BCUT2D eigenvalue weighted by molar-refractivity contribution is 0.607. The van der Waals surface area contributed by atoms with E-state index in [9.17, 15) is 0 Å². The van der Waals surface area contributed by atoms with Crippen molar-refractivity contribution in [3.8, 4) is 33.4 Å². The van der Waals surface area contributed by atoms with E-state index in [0.29, 0.717) is 0 Å². The van der Waals surface area contributed by atoms with E-state index in [4.69, 9.17) is 0 Å². The van der Waals surface area contributed by atoms with Crippen molar-refractivity contribution in [2.24, 2.45) is 0 Å². The topological polar surface area (TPSA) is 6.48 Å². The van der Waals surface area contributed by atoms with Crippen LogP contribution in [-0.2, 0) is 12.8 Å². The number of hydrogen-bond acceptors (Lipinski definition) is 2. The highest BCUT2D eigenvalue weighted by Crippen LogP contribution is 2.46. The van der Waals surface area contributed by atoms with Gasteiger partial charge in [0.15, 0.2) is 0 Å². The molecule has 2 nitrogen and oxygen atoms in total. The van der Waals surface area contributed by atoms with E-state index in [-0.39, 0.29) is 0 Å². The van der Waals surface area contributed by atoms with Gasteiger partial charge in [0.1, 0.15) is 0 Å². The average Bonchev–Trinajstić information content (AvgIpc) is 3.64. The zero-order valence-electron chi connectivity index (χ0n) is 47.4. The summed E-state index contributed by atoms with van der Waals surface area (Å²) in [6.45, 7) is 13.5. The number of hydrogen-bond donors (Lipinski definition) is 0. The summed E-state index contributed by atoms with van der Waals surface area (Å²) in [6.07, 6.45) is 18.1. The van der Waals surface area contributed by atoms with Gasteiger partial charge in [-0.25, -0.2) is 0 Å². The Morgan fingerprint density at radius 3 is 0.974 bits per heavy atom. The Morgan fingerprint density at radius 2 is 0.615 bits per heavy atom. The smallest absolute Gasteiger partial charge is 0.0464 e. The molecule has 0 amide bonds. The van der Waals surface area contributed by atoms with Crippen molar-refractivity contribution >= 4 is 55.7 Å². The van der Waals surface area contributed by atoms with Gasteiger partial charge in [-0.3, -0.25) is 0 Å². The first kappa shape index (κ1) is 53.7. The van der Waals surface area contributed by atoms with Gasteiger partial charge in [-0.2, -0.15) is 0 Å². The first-order valence-electron chi connectivity index (χ1n) is 29.5. The molecule has 0 atom stereocenters. The van der Waals surface area contributed by atoms with Gasteiger partial charge < -0.3 is 9.80 Å². The molecule has 2 heteroatoms. The Morgan fingerprint density at radius 1 is 0.282 bits per heavy atom. The summed E-state index contributed by atoms with van der Waals surface area (Å²) < 4.78 is 0. The molecule has 394 valence electrons. The normalized spacial score (nSPS) is 11.4. The molecule has 10 rings (SSSR count). The molecule has 0 saturated carbocycles. The molecule has 0 aromatic heterocycles. The van der Waals surface area contributed by atoms with Crippen molar-refractivity contribution in [1.29, 1.82) is 0 Å². The van der Waals surface area contributed by atoms with Gasteiger partial charge in [-0.15, -0.1) is 0 Å². The zero-order chi connectivity index (χ0) is 53.8. The number of fused-ring (bicyclic) bond motifs is 2. The molecule has 0 bridgehead atoms. The third-order valence-corrected chi connectivity index (χ3v) is 16.2. The van der Waals surface area contributed by atoms with E-state index in [1.165, 1.54) is 188 Å². The van der Waals surface area contributed by atoms with Crippen molar-refractivity contribution < 1.29 is 0 Å². The molecule has 0 aliphatic heterocycles. The van der Waals surface area contributed by atoms with Crippen molar-refractivity contribution in [3.05, 3.63) is 240 Å². The van der Waals surface area contributed by atoms with Gasteiger partial charge in [-0.05, 0) is 214 Å². The SMILES string of the molecule is CCCCCCCCc1ccc(N(c2ccc(-c3cc(C)c(-c4c(C)cc(-c5ccc(N(c6ccc(CCCCCCCC)cc6)c6cccc(C)c6)cc5)c5ccccc45)c4ccccc34)cc2)c2cccc(C)c2)cc1. The summed E-state index contributed by atoms with van der Waals surface area (Å²) in [5.41, 5.74) is 22.4. The van der Waals surface area contributed by atoms with Crippen molar-refractivity contribution in [3.63, 3.8) is 0 Å². The maximum Gasteiger partial charge on any atom is 0.0464 e. The van der Waals surface area contributed by atoms with Gasteiger partial charge in [0.25, 0.3) is 0 Å². The zero-order valence-corrected chi connectivity index (χ0v) is 47.4. The molecule has 0 N–H and O–H groups in total. The Balaban J connectivity index is 0.947. The van der Waals surface area contributed by atoms with Crippen LogP contribution in [-0.4, -0.2) is 0 Å². The van der Waals surface area contributed by atoms with Crippen LogP contribution in [0.1, 0.15) is 124 Å². The fourth-order valence-corrected chi connectivity index (χ4v) is 12.0. The van der Waals surface area contributed by atoms with Crippen LogP contribution < -0.4 is 9.80 Å². The Hall–Kier alpha value is -7.68. The molecule has 0 heterocycles. The molecule has 0 spiro atoms. The monoisotopic (exact) mass is 1020 g/mol. The molecule has 0 unspecified atom stereocenters. The number of rotatable bonds is 23. The fourth-order valence-electron chi connectivity index (χ4n) is 12.0. The highest BCUT2D eigenvalue weighted by atomic mass is 15.1. The van der Waals surface area contributed by atoms with Crippen LogP contribution in [0.3, 0.4) is 0 Å². The van der Waals surface area contributed by atoms with Crippen LogP contribution in [0.25, 0.3) is 54.9 Å². The van der Waals surface area contributed by atoms with Crippen LogP contribution >= 0.6 is 0 Å². The van der Waals surface area contributed by atoms with Gasteiger partial charge in [0.05, 0.1) is 0 Å². The summed E-state index contributed by atoms with van der Waals surface area (Å²) >= 11 is 0. The van der Waals surface area contributed by atoms with Crippen LogP contribution in [0.2, 0.25) is 0 Å². The van der Waals surface area contributed by atoms with Crippen LogP contribution in [0.5, 0.6) is 0 Å². The molecule has 0 fully saturated rings. The average molecular weight is 1020 g/mol.